The fraction of sp³-hybridized carbons (Fsp3) is 0.333. The highest BCUT2D eigenvalue weighted by molar-refractivity contribution is 9.10. The highest BCUT2D eigenvalue weighted by Crippen LogP contribution is 2.13. The van der Waals surface area contributed by atoms with Crippen molar-refractivity contribution in [2.24, 2.45) is 0 Å². The van der Waals surface area contributed by atoms with Crippen LogP contribution in [0.4, 0.5) is 11.9 Å². The van der Waals surface area contributed by atoms with E-state index in [2.05, 4.69) is 31.3 Å². The Labute approximate surface area is 115 Å². The summed E-state index contributed by atoms with van der Waals surface area (Å²) in [5, 5.41) is 7.46. The molecule has 0 amide bonds. The monoisotopic (exact) mass is 309 g/mol. The van der Waals surface area contributed by atoms with Gasteiger partial charge in [-0.2, -0.15) is 4.98 Å². The Balaban J connectivity index is 2.13. The smallest absolute Gasteiger partial charge is 0.244 e. The highest BCUT2D eigenvalue weighted by atomic mass is 79.9. The zero-order valence-electron chi connectivity index (χ0n) is 10.4. The summed E-state index contributed by atoms with van der Waals surface area (Å²) in [7, 11) is 0. The zero-order chi connectivity index (χ0) is 13.1. The van der Waals surface area contributed by atoms with E-state index >= 15 is 0 Å². The lowest BCUT2D eigenvalue weighted by Gasteiger charge is -2.04. The van der Waals surface area contributed by atoms with Crippen LogP contribution < -0.4 is 11.1 Å². The Morgan fingerprint density at radius 1 is 1.33 bits per heavy atom. The molecule has 2 rings (SSSR count). The van der Waals surface area contributed by atoms with E-state index in [0.717, 1.165) is 10.0 Å². The van der Waals surface area contributed by atoms with Crippen LogP contribution in [0.25, 0.3) is 0 Å². The Morgan fingerprint density at radius 3 is 2.61 bits per heavy atom. The number of anilines is 2. The summed E-state index contributed by atoms with van der Waals surface area (Å²) in [6.45, 7) is 4.68. The first-order valence-electron chi connectivity index (χ1n) is 5.76. The summed E-state index contributed by atoms with van der Waals surface area (Å²) in [4.78, 5) is 4.17. The molecule has 0 atom stereocenters. The van der Waals surface area contributed by atoms with E-state index < -0.39 is 0 Å². The second-order valence-corrected chi connectivity index (χ2v) is 5.29. The predicted molar refractivity (Wildman–Crippen MR) is 76.4 cm³/mol. The number of halogens is 1. The summed E-state index contributed by atoms with van der Waals surface area (Å²) in [5.41, 5.74) is 6.97. The number of hydrogen-bond donors (Lipinski definition) is 2. The number of aromatic nitrogens is 3. The van der Waals surface area contributed by atoms with Crippen molar-refractivity contribution in [3.8, 4) is 0 Å². The van der Waals surface area contributed by atoms with E-state index in [1.165, 1.54) is 0 Å². The molecule has 0 fully saturated rings. The molecule has 1 aromatic heterocycles. The normalized spacial score (nSPS) is 10.9. The fourth-order valence-electron chi connectivity index (χ4n) is 1.55. The van der Waals surface area contributed by atoms with E-state index in [1.54, 1.807) is 4.68 Å². The van der Waals surface area contributed by atoms with Gasteiger partial charge in [-0.3, -0.25) is 0 Å². The minimum atomic E-state index is 0.285. The average molecular weight is 310 g/mol. The number of nitrogens with zero attached hydrogens (tertiary/aromatic N) is 3. The summed E-state index contributed by atoms with van der Waals surface area (Å²) >= 11 is 3.41. The third-order valence-electron chi connectivity index (χ3n) is 2.36. The van der Waals surface area contributed by atoms with Gasteiger partial charge in [-0.15, -0.1) is 5.10 Å². The van der Waals surface area contributed by atoms with Gasteiger partial charge in [-0.05, 0) is 31.5 Å². The maximum absolute atomic E-state index is 5.83. The Kier molecular flexibility index (Phi) is 3.86. The predicted octanol–water partition coefficient (Wildman–Crippen LogP) is 2.49. The number of nitrogens with two attached hydrogens (primary N) is 1. The molecule has 18 heavy (non-hydrogen) atoms. The first-order valence-corrected chi connectivity index (χ1v) is 6.55. The number of nitrogen functional groups attached to an aromatic ring is 1. The van der Waals surface area contributed by atoms with E-state index in [9.17, 15) is 0 Å². The molecule has 0 aliphatic rings. The molecule has 5 nitrogen and oxygen atoms in total. The van der Waals surface area contributed by atoms with Crippen LogP contribution in [0.3, 0.4) is 0 Å². The molecule has 1 heterocycles. The van der Waals surface area contributed by atoms with E-state index in [1.807, 2.05) is 38.1 Å². The van der Waals surface area contributed by atoms with Gasteiger partial charge >= 0.3 is 0 Å². The Morgan fingerprint density at radius 2 is 2.00 bits per heavy atom. The summed E-state index contributed by atoms with van der Waals surface area (Å²) in [5.74, 6) is 0.987. The Bertz CT molecular complexity index is 518. The van der Waals surface area contributed by atoms with Gasteiger partial charge in [-0.1, -0.05) is 28.1 Å². The second kappa shape index (κ2) is 5.39. The third-order valence-corrected chi connectivity index (χ3v) is 2.89. The first-order chi connectivity index (χ1) is 8.54. The van der Waals surface area contributed by atoms with Crippen LogP contribution in [0, 0.1) is 0 Å². The molecule has 0 aliphatic carbocycles. The van der Waals surface area contributed by atoms with Gasteiger partial charge in [0.25, 0.3) is 0 Å². The number of nitrogens with one attached hydrogen (secondary N) is 1. The SMILES string of the molecule is CC(C)Nc1nc(N)n(Cc2ccc(Br)cc2)n1. The minimum absolute atomic E-state index is 0.285. The lowest BCUT2D eigenvalue weighted by atomic mass is 10.2. The van der Waals surface area contributed by atoms with E-state index in [0.29, 0.717) is 18.4 Å². The van der Waals surface area contributed by atoms with Gasteiger partial charge in [0.2, 0.25) is 11.9 Å². The van der Waals surface area contributed by atoms with Crippen molar-refractivity contribution in [2.75, 3.05) is 11.1 Å². The standard InChI is InChI=1S/C12H16BrN5/c1-8(2)15-12-16-11(14)18(17-12)7-9-3-5-10(13)6-4-9/h3-6,8H,7H2,1-2H3,(H3,14,15,16,17). The molecular weight excluding hydrogens is 294 g/mol. The molecule has 0 saturated heterocycles. The molecule has 0 aliphatic heterocycles. The lowest BCUT2D eigenvalue weighted by molar-refractivity contribution is 0.695. The van der Waals surface area contributed by atoms with Crippen molar-refractivity contribution in [3.05, 3.63) is 34.3 Å². The van der Waals surface area contributed by atoms with Crippen LogP contribution in [0.2, 0.25) is 0 Å². The lowest BCUT2D eigenvalue weighted by Crippen LogP contribution is -2.11. The molecule has 0 bridgehead atoms. The van der Waals surface area contributed by atoms with Gasteiger partial charge < -0.3 is 11.1 Å². The van der Waals surface area contributed by atoms with Gasteiger partial charge in [0, 0.05) is 10.5 Å². The van der Waals surface area contributed by atoms with Crippen molar-refractivity contribution in [1.82, 2.24) is 14.8 Å². The maximum Gasteiger partial charge on any atom is 0.244 e. The molecule has 6 heteroatoms. The molecule has 3 N–H and O–H groups in total. The van der Waals surface area contributed by atoms with E-state index in [-0.39, 0.29) is 6.04 Å². The topological polar surface area (TPSA) is 68.8 Å². The molecular formula is C12H16BrN5. The number of benzene rings is 1. The number of hydrogen-bond acceptors (Lipinski definition) is 4. The van der Waals surface area contributed by atoms with Crippen molar-refractivity contribution in [2.45, 2.75) is 26.4 Å². The zero-order valence-corrected chi connectivity index (χ0v) is 12.0. The Hall–Kier alpha value is -1.56. The molecule has 0 spiro atoms. The van der Waals surface area contributed by atoms with Crippen LogP contribution >= 0.6 is 15.9 Å². The molecule has 2 aromatic rings. The quantitative estimate of drug-likeness (QED) is 0.910. The van der Waals surface area contributed by atoms with Gasteiger partial charge in [-0.25, -0.2) is 4.68 Å². The van der Waals surface area contributed by atoms with Gasteiger partial charge in [0.1, 0.15) is 0 Å². The molecule has 0 unspecified atom stereocenters. The molecule has 1 aromatic carbocycles. The molecule has 0 radical (unpaired) electrons. The summed E-state index contributed by atoms with van der Waals surface area (Å²) in [6, 6.07) is 8.33. The van der Waals surface area contributed by atoms with Gasteiger partial charge in [0.15, 0.2) is 0 Å². The third kappa shape index (κ3) is 3.22. The first kappa shape index (κ1) is 12.9. The summed E-state index contributed by atoms with van der Waals surface area (Å²) < 4.78 is 2.74. The van der Waals surface area contributed by atoms with Crippen LogP contribution in [-0.4, -0.2) is 20.8 Å². The largest absolute Gasteiger partial charge is 0.368 e. The second-order valence-electron chi connectivity index (χ2n) is 4.38. The molecule has 96 valence electrons. The van der Waals surface area contributed by atoms with Crippen molar-refractivity contribution >= 4 is 27.8 Å². The van der Waals surface area contributed by atoms with Crippen molar-refractivity contribution in [1.29, 1.82) is 0 Å². The maximum atomic E-state index is 5.83. The van der Waals surface area contributed by atoms with Crippen molar-refractivity contribution < 1.29 is 0 Å². The van der Waals surface area contributed by atoms with Crippen LogP contribution in [0.1, 0.15) is 19.4 Å². The van der Waals surface area contributed by atoms with Crippen molar-refractivity contribution in [3.63, 3.8) is 0 Å². The highest BCUT2D eigenvalue weighted by Gasteiger charge is 2.08. The minimum Gasteiger partial charge on any atom is -0.368 e. The van der Waals surface area contributed by atoms with Crippen LogP contribution in [0.15, 0.2) is 28.7 Å². The summed E-state index contributed by atoms with van der Waals surface area (Å²) in [6.07, 6.45) is 0. The number of rotatable bonds is 4. The molecule has 0 saturated carbocycles. The fourth-order valence-corrected chi connectivity index (χ4v) is 1.82. The van der Waals surface area contributed by atoms with Crippen LogP contribution in [-0.2, 0) is 6.54 Å². The van der Waals surface area contributed by atoms with Gasteiger partial charge in [0.05, 0.1) is 6.54 Å². The average Bonchev–Trinajstić information content (AvgIpc) is 2.61. The van der Waals surface area contributed by atoms with Crippen LogP contribution in [0.5, 0.6) is 0 Å². The van der Waals surface area contributed by atoms with E-state index in [4.69, 9.17) is 5.73 Å².